The first-order chi connectivity index (χ1) is 19.4. The van der Waals surface area contributed by atoms with Gasteiger partial charge in [0.05, 0.1) is 24.7 Å². The number of ether oxygens (including phenoxy) is 2. The molecule has 0 amide bonds. The van der Waals surface area contributed by atoms with Crippen molar-refractivity contribution < 1.29 is 23.9 Å². The fraction of sp³-hybridized carbons (Fsp3) is 0.258. The Morgan fingerprint density at radius 1 is 1.02 bits per heavy atom. The zero-order valence-corrected chi connectivity index (χ0v) is 23.7. The molecule has 3 aromatic rings. The number of allylic oxidation sites excluding steroid dienone is 2. The van der Waals surface area contributed by atoms with Gasteiger partial charge in [-0.1, -0.05) is 48.0 Å². The summed E-state index contributed by atoms with van der Waals surface area (Å²) in [5, 5.41) is 2.36. The first kappa shape index (κ1) is 27.7. The smallest absolute Gasteiger partial charge is 0.338 e. The monoisotopic (exact) mass is 576 g/mol. The average Bonchev–Trinajstić information content (AvgIpc) is 3.48. The van der Waals surface area contributed by atoms with Gasteiger partial charge >= 0.3 is 11.9 Å². The van der Waals surface area contributed by atoms with Gasteiger partial charge < -0.3 is 15.2 Å². The Hall–Kier alpha value is -3.88. The molecule has 2 aromatic carbocycles. The molecule has 7 nitrogen and oxygen atoms in total. The van der Waals surface area contributed by atoms with Crippen LogP contribution in [0, 0.1) is 5.92 Å². The molecule has 2 N–H and O–H groups in total. The number of ketones is 1. The van der Waals surface area contributed by atoms with Gasteiger partial charge in [0.1, 0.15) is 11.7 Å². The van der Waals surface area contributed by atoms with Crippen LogP contribution in [0.4, 0.5) is 5.69 Å². The molecule has 0 unspecified atom stereocenters. The molecule has 0 bridgehead atoms. The van der Waals surface area contributed by atoms with E-state index >= 15 is 0 Å². The highest BCUT2D eigenvalue weighted by Gasteiger charge is 2.51. The molecule has 0 spiro atoms. The Kier molecular flexibility index (Phi) is 8.09. The van der Waals surface area contributed by atoms with Crippen molar-refractivity contribution >= 4 is 46.3 Å². The molecule has 1 aromatic heterocycles. The van der Waals surface area contributed by atoms with Gasteiger partial charge in [0.25, 0.3) is 0 Å². The first-order valence-corrected chi connectivity index (χ1v) is 14.4. The number of Topliss-reactive ketones (excluding diaryl/α,β-unsaturated/α-hetero) is 1. The van der Waals surface area contributed by atoms with Crippen LogP contribution in [0.1, 0.15) is 42.5 Å². The van der Waals surface area contributed by atoms with E-state index in [9.17, 15) is 14.4 Å². The number of para-hydroxylation sites is 1. The maximum Gasteiger partial charge on any atom is 0.338 e. The SMILES string of the molecule is CCOC(=O)C1=C(N)N(c2ccccc2)C2=C(C(=O)[C@@H](C(=O)OCC)[C@@H](c3cccs3)C2)[C@@H]1c1cccc(Cl)c1. The summed E-state index contributed by atoms with van der Waals surface area (Å²) in [6.07, 6.45) is 0.327. The third-order valence-electron chi connectivity index (χ3n) is 7.18. The van der Waals surface area contributed by atoms with Crippen molar-refractivity contribution in [3.63, 3.8) is 0 Å². The predicted molar refractivity (Wildman–Crippen MR) is 155 cm³/mol. The van der Waals surface area contributed by atoms with Gasteiger partial charge in [-0.25, -0.2) is 4.79 Å². The largest absolute Gasteiger partial charge is 0.465 e. The number of thiophene rings is 1. The van der Waals surface area contributed by atoms with Crippen LogP contribution in [0.15, 0.2) is 94.8 Å². The van der Waals surface area contributed by atoms with E-state index in [1.54, 1.807) is 43.0 Å². The van der Waals surface area contributed by atoms with Gasteiger partial charge in [-0.15, -0.1) is 11.3 Å². The Bertz CT molecular complexity index is 1500. The fourth-order valence-electron chi connectivity index (χ4n) is 5.60. The van der Waals surface area contributed by atoms with E-state index in [1.807, 2.05) is 47.8 Å². The quantitative estimate of drug-likeness (QED) is 0.275. The van der Waals surface area contributed by atoms with Crippen molar-refractivity contribution in [2.75, 3.05) is 18.1 Å². The van der Waals surface area contributed by atoms with Gasteiger partial charge in [0.2, 0.25) is 0 Å². The molecule has 9 heteroatoms. The number of benzene rings is 2. The third-order valence-corrected chi connectivity index (χ3v) is 8.42. The van der Waals surface area contributed by atoms with Crippen molar-refractivity contribution in [2.24, 2.45) is 11.7 Å². The number of rotatable bonds is 7. The summed E-state index contributed by atoms with van der Waals surface area (Å²) < 4.78 is 10.9. The minimum absolute atomic E-state index is 0.120. The number of nitrogens with zero attached hydrogens (tertiary/aromatic N) is 1. The highest BCUT2D eigenvalue weighted by atomic mass is 35.5. The van der Waals surface area contributed by atoms with E-state index in [0.717, 1.165) is 4.88 Å². The predicted octanol–water partition coefficient (Wildman–Crippen LogP) is 5.93. The molecule has 0 saturated heterocycles. The zero-order valence-electron chi connectivity index (χ0n) is 22.1. The number of nitrogens with two attached hydrogens (primary N) is 1. The van der Waals surface area contributed by atoms with E-state index in [-0.39, 0.29) is 24.6 Å². The molecule has 1 aliphatic heterocycles. The summed E-state index contributed by atoms with van der Waals surface area (Å²) in [7, 11) is 0. The molecule has 0 fully saturated rings. The van der Waals surface area contributed by atoms with Crippen LogP contribution >= 0.6 is 22.9 Å². The maximum atomic E-state index is 14.6. The number of halogens is 1. The highest BCUT2D eigenvalue weighted by molar-refractivity contribution is 7.10. The van der Waals surface area contributed by atoms with Crippen LogP contribution in [0.2, 0.25) is 5.02 Å². The van der Waals surface area contributed by atoms with Crippen molar-refractivity contribution in [1.29, 1.82) is 0 Å². The van der Waals surface area contributed by atoms with Crippen molar-refractivity contribution in [3.8, 4) is 0 Å². The van der Waals surface area contributed by atoms with Crippen LogP contribution in [0.25, 0.3) is 0 Å². The lowest BCUT2D eigenvalue weighted by Crippen LogP contribution is -2.46. The van der Waals surface area contributed by atoms with E-state index in [2.05, 4.69) is 0 Å². The number of carbonyl (C=O) groups excluding carboxylic acids is 3. The highest BCUT2D eigenvalue weighted by Crippen LogP contribution is 2.52. The lowest BCUT2D eigenvalue weighted by molar-refractivity contribution is -0.152. The third kappa shape index (κ3) is 4.93. The second-order valence-electron chi connectivity index (χ2n) is 9.46. The van der Waals surface area contributed by atoms with Gasteiger partial charge in [-0.2, -0.15) is 0 Å². The van der Waals surface area contributed by atoms with Crippen molar-refractivity contribution in [3.05, 3.63) is 110 Å². The summed E-state index contributed by atoms with van der Waals surface area (Å²) in [5.74, 6) is -3.90. The molecule has 206 valence electrons. The Labute approximate surface area is 241 Å². The number of esters is 2. The number of anilines is 1. The molecule has 1 aliphatic carbocycles. The standard InChI is InChI=1S/C31H29ClN2O5S/c1-3-38-30(36)25-21(23-14-9-15-40-23)17-22-26(28(25)35)24(18-10-8-11-19(32)16-18)27(31(37)39-4-2)29(33)34(22)20-12-6-5-7-13-20/h5-16,21,24-25H,3-4,17,33H2,1-2H3/t21-,24+,25+/m1/s1. The average molecular weight is 577 g/mol. The minimum Gasteiger partial charge on any atom is -0.465 e. The lowest BCUT2D eigenvalue weighted by atomic mass is 9.68. The van der Waals surface area contributed by atoms with Crippen LogP contribution in [-0.2, 0) is 23.9 Å². The normalized spacial score (nSPS) is 20.8. The summed E-state index contributed by atoms with van der Waals surface area (Å²) in [6, 6.07) is 20.1. The Morgan fingerprint density at radius 3 is 2.42 bits per heavy atom. The topological polar surface area (TPSA) is 98.9 Å². The first-order valence-electron chi connectivity index (χ1n) is 13.1. The van der Waals surface area contributed by atoms with Crippen LogP contribution < -0.4 is 10.6 Å². The molecular weight excluding hydrogens is 548 g/mol. The summed E-state index contributed by atoms with van der Waals surface area (Å²) in [5.41, 5.74) is 9.20. The fourth-order valence-corrected chi connectivity index (χ4v) is 6.66. The molecule has 0 saturated carbocycles. The number of hydrogen-bond donors (Lipinski definition) is 1. The molecule has 0 radical (unpaired) electrons. The van der Waals surface area contributed by atoms with Gasteiger partial charge in [-0.3, -0.25) is 14.5 Å². The van der Waals surface area contributed by atoms with Crippen LogP contribution in [0.5, 0.6) is 0 Å². The molecule has 2 heterocycles. The minimum atomic E-state index is -1.08. The Balaban J connectivity index is 1.81. The van der Waals surface area contributed by atoms with Crippen LogP contribution in [0.3, 0.4) is 0 Å². The second-order valence-corrected chi connectivity index (χ2v) is 10.9. The van der Waals surface area contributed by atoms with Crippen molar-refractivity contribution in [1.82, 2.24) is 0 Å². The Morgan fingerprint density at radius 2 is 1.77 bits per heavy atom. The summed E-state index contributed by atoms with van der Waals surface area (Å²) in [4.78, 5) is 44.2. The number of carbonyl (C=O) groups is 3. The molecule has 5 rings (SSSR count). The van der Waals surface area contributed by atoms with Gasteiger partial charge in [-0.05, 0) is 61.5 Å². The second kappa shape index (κ2) is 11.7. The maximum absolute atomic E-state index is 14.6. The van der Waals surface area contributed by atoms with Crippen LogP contribution in [-0.4, -0.2) is 30.9 Å². The molecular formula is C31H29ClN2O5S. The zero-order chi connectivity index (χ0) is 28.4. The molecule has 3 atom stereocenters. The van der Waals surface area contributed by atoms with E-state index < -0.39 is 35.5 Å². The molecule has 2 aliphatic rings. The van der Waals surface area contributed by atoms with E-state index in [1.165, 1.54) is 11.3 Å². The summed E-state index contributed by atoms with van der Waals surface area (Å²) in [6.45, 7) is 3.68. The van der Waals surface area contributed by atoms with E-state index in [0.29, 0.717) is 34.0 Å². The summed E-state index contributed by atoms with van der Waals surface area (Å²) >= 11 is 7.87. The number of hydrogen-bond acceptors (Lipinski definition) is 8. The van der Waals surface area contributed by atoms with Crippen molar-refractivity contribution in [2.45, 2.75) is 32.1 Å². The molecule has 40 heavy (non-hydrogen) atoms. The van der Waals surface area contributed by atoms with Gasteiger partial charge in [0.15, 0.2) is 5.78 Å². The lowest BCUT2D eigenvalue weighted by Gasteiger charge is -2.43. The van der Waals surface area contributed by atoms with E-state index in [4.69, 9.17) is 26.8 Å². The van der Waals surface area contributed by atoms with Gasteiger partial charge in [0, 0.05) is 32.8 Å².